The molecule has 1 atom stereocenters. The van der Waals surface area contributed by atoms with E-state index >= 15 is 0 Å². The highest BCUT2D eigenvalue weighted by Crippen LogP contribution is 2.20. The number of methoxy groups -OCH3 is 1. The van der Waals surface area contributed by atoms with Gasteiger partial charge in [-0.1, -0.05) is 30.3 Å². The Kier molecular flexibility index (Phi) is 6.75. The van der Waals surface area contributed by atoms with Crippen molar-refractivity contribution in [2.45, 2.75) is 6.04 Å². The molecule has 0 aliphatic carbocycles. The van der Waals surface area contributed by atoms with Gasteiger partial charge in [0.2, 0.25) is 5.91 Å². The third-order valence-corrected chi connectivity index (χ3v) is 5.69. The number of benzene rings is 2. The number of carbonyl (C=O) groups excluding carboxylic acids is 2. The van der Waals surface area contributed by atoms with Gasteiger partial charge in [0, 0.05) is 37.4 Å². The zero-order valence-electron chi connectivity index (χ0n) is 18.1. The molecule has 7 heteroatoms. The number of hydrogen-bond donors (Lipinski definition) is 1. The van der Waals surface area contributed by atoms with Crippen LogP contribution in [0.2, 0.25) is 0 Å². The van der Waals surface area contributed by atoms with Gasteiger partial charge >= 0.3 is 0 Å². The van der Waals surface area contributed by atoms with Gasteiger partial charge in [0.1, 0.15) is 18.4 Å². The first-order valence-corrected chi connectivity index (χ1v) is 10.7. The summed E-state index contributed by atoms with van der Waals surface area (Å²) in [5.41, 5.74) is 2.36. The van der Waals surface area contributed by atoms with Crippen molar-refractivity contribution in [2.24, 2.45) is 0 Å². The Morgan fingerprint density at radius 2 is 1.72 bits per heavy atom. The van der Waals surface area contributed by atoms with Crippen molar-refractivity contribution in [3.8, 4) is 5.75 Å². The number of allylic oxidation sites excluding steroid dienone is 1. The van der Waals surface area contributed by atoms with Crippen LogP contribution in [-0.4, -0.2) is 61.5 Å². The number of hydrogen-bond acceptors (Lipinski definition) is 5. The predicted molar refractivity (Wildman–Crippen MR) is 121 cm³/mol. The van der Waals surface area contributed by atoms with E-state index in [0.717, 1.165) is 24.4 Å². The average molecular weight is 434 g/mol. The lowest BCUT2D eigenvalue weighted by Crippen LogP contribution is -2.51. The van der Waals surface area contributed by atoms with Crippen molar-refractivity contribution >= 4 is 11.8 Å². The monoisotopic (exact) mass is 433 g/mol. The number of nitrogens with one attached hydrogen (secondary N) is 1. The summed E-state index contributed by atoms with van der Waals surface area (Å²) in [5, 5.41) is 2.94. The molecule has 1 fully saturated rings. The Morgan fingerprint density at radius 1 is 1.00 bits per heavy atom. The Bertz CT molecular complexity index is 994. The lowest BCUT2D eigenvalue weighted by molar-refractivity contribution is -0.134. The number of nitrogens with zero attached hydrogens (tertiary/aromatic N) is 2. The van der Waals surface area contributed by atoms with Crippen LogP contribution in [0.5, 0.6) is 5.75 Å². The number of piperazine rings is 1. The Labute approximate surface area is 187 Å². The van der Waals surface area contributed by atoms with Crippen molar-refractivity contribution in [3.05, 3.63) is 89.8 Å². The fourth-order valence-electron chi connectivity index (χ4n) is 3.87. The van der Waals surface area contributed by atoms with E-state index < -0.39 is 6.04 Å². The van der Waals surface area contributed by atoms with E-state index in [9.17, 15) is 9.59 Å². The number of rotatable bonds is 6. The molecular formula is C25H27N3O4. The molecule has 2 heterocycles. The molecule has 4 rings (SSSR count). The molecule has 1 saturated heterocycles. The average Bonchev–Trinajstić information content (AvgIpc) is 2.88. The van der Waals surface area contributed by atoms with Gasteiger partial charge < -0.3 is 24.6 Å². The third-order valence-electron chi connectivity index (χ3n) is 5.69. The van der Waals surface area contributed by atoms with Crippen LogP contribution in [-0.2, 0) is 9.53 Å². The van der Waals surface area contributed by atoms with Gasteiger partial charge in [0.05, 0.1) is 13.4 Å². The molecule has 1 N–H and O–H groups in total. The molecule has 7 nitrogen and oxygen atoms in total. The van der Waals surface area contributed by atoms with Gasteiger partial charge in [-0.2, -0.15) is 0 Å². The van der Waals surface area contributed by atoms with E-state index in [0.29, 0.717) is 31.0 Å². The first-order chi connectivity index (χ1) is 15.7. The van der Waals surface area contributed by atoms with Crippen LogP contribution in [0.25, 0.3) is 0 Å². The van der Waals surface area contributed by atoms with Crippen LogP contribution in [0, 0.1) is 0 Å². The predicted octanol–water partition coefficient (Wildman–Crippen LogP) is 2.74. The van der Waals surface area contributed by atoms with E-state index in [-0.39, 0.29) is 11.8 Å². The highest BCUT2D eigenvalue weighted by atomic mass is 16.5. The molecule has 0 spiro atoms. The lowest BCUT2D eigenvalue weighted by atomic mass is 10.0. The number of ether oxygens (including phenoxy) is 2. The van der Waals surface area contributed by atoms with Crippen molar-refractivity contribution in [2.75, 3.05) is 39.9 Å². The van der Waals surface area contributed by atoms with Crippen LogP contribution in [0.3, 0.4) is 0 Å². The Balaban J connectivity index is 1.47. The van der Waals surface area contributed by atoms with Gasteiger partial charge in [-0.15, -0.1) is 0 Å². The molecule has 2 amide bonds. The quantitative estimate of drug-likeness (QED) is 0.759. The van der Waals surface area contributed by atoms with Crippen molar-refractivity contribution in [3.63, 3.8) is 0 Å². The summed E-state index contributed by atoms with van der Waals surface area (Å²) in [4.78, 5) is 30.5. The number of amides is 2. The highest BCUT2D eigenvalue weighted by Gasteiger charge is 2.30. The van der Waals surface area contributed by atoms with Gasteiger partial charge in [-0.05, 0) is 42.0 Å². The fourth-order valence-corrected chi connectivity index (χ4v) is 3.87. The zero-order valence-corrected chi connectivity index (χ0v) is 18.1. The van der Waals surface area contributed by atoms with E-state index in [1.165, 1.54) is 0 Å². The Hall–Kier alpha value is -3.74. The smallest absolute Gasteiger partial charge is 0.252 e. The fraction of sp³-hybridized carbons (Fsp3) is 0.280. The SMILES string of the molecule is COc1ccc(C(=O)N[C@@H](C(=O)N2CCN(C3=CCOC=C3)CC2)c2ccccc2)cc1. The van der Waals surface area contributed by atoms with Crippen LogP contribution < -0.4 is 10.1 Å². The summed E-state index contributed by atoms with van der Waals surface area (Å²) in [6.45, 7) is 3.21. The second kappa shape index (κ2) is 10.0. The highest BCUT2D eigenvalue weighted by molar-refractivity contribution is 5.98. The molecule has 2 aliphatic rings. The standard InChI is InChI=1S/C25H27N3O4/c1-31-22-9-7-20(8-10-22)24(29)26-23(19-5-3-2-4-6-19)25(30)28-15-13-27(14-16-28)21-11-17-32-18-12-21/h2-12,17,23H,13-16,18H2,1H3,(H,26,29)/t23-/m1/s1. The van der Waals surface area contributed by atoms with Crippen LogP contribution in [0.4, 0.5) is 0 Å². The van der Waals surface area contributed by atoms with Gasteiger partial charge in [0.15, 0.2) is 0 Å². The molecule has 0 radical (unpaired) electrons. The maximum atomic E-state index is 13.5. The maximum Gasteiger partial charge on any atom is 0.252 e. The van der Waals surface area contributed by atoms with Crippen molar-refractivity contribution in [1.82, 2.24) is 15.1 Å². The van der Waals surface area contributed by atoms with Crippen molar-refractivity contribution in [1.29, 1.82) is 0 Å². The van der Waals surface area contributed by atoms with Gasteiger partial charge in [-0.25, -0.2) is 0 Å². The number of carbonyl (C=O) groups is 2. The molecule has 0 aromatic heterocycles. The molecule has 0 bridgehead atoms. The van der Waals surface area contributed by atoms with E-state index in [1.54, 1.807) is 37.6 Å². The first-order valence-electron chi connectivity index (χ1n) is 10.7. The summed E-state index contributed by atoms with van der Waals surface area (Å²) in [7, 11) is 1.58. The molecule has 2 aliphatic heterocycles. The van der Waals surface area contributed by atoms with Crippen molar-refractivity contribution < 1.29 is 19.1 Å². The van der Waals surface area contributed by atoms with E-state index in [1.807, 2.05) is 47.4 Å². The molecule has 2 aromatic rings. The molecule has 166 valence electrons. The van der Waals surface area contributed by atoms with Crippen LogP contribution >= 0.6 is 0 Å². The van der Waals surface area contributed by atoms with E-state index in [2.05, 4.69) is 10.2 Å². The topological polar surface area (TPSA) is 71.1 Å². The minimum atomic E-state index is -0.750. The summed E-state index contributed by atoms with van der Waals surface area (Å²) in [6, 6.07) is 15.5. The lowest BCUT2D eigenvalue weighted by Gasteiger charge is -2.38. The molecule has 32 heavy (non-hydrogen) atoms. The molecule has 0 saturated carbocycles. The van der Waals surface area contributed by atoms with Crippen LogP contribution in [0.1, 0.15) is 22.0 Å². The minimum Gasteiger partial charge on any atom is -0.497 e. The van der Waals surface area contributed by atoms with Gasteiger partial charge in [-0.3, -0.25) is 9.59 Å². The summed E-state index contributed by atoms with van der Waals surface area (Å²) >= 11 is 0. The second-order valence-corrected chi connectivity index (χ2v) is 7.62. The molecular weight excluding hydrogens is 406 g/mol. The largest absolute Gasteiger partial charge is 0.497 e. The molecule has 2 aromatic carbocycles. The third kappa shape index (κ3) is 4.94. The normalized spacial score (nSPS) is 16.6. The molecule has 0 unspecified atom stereocenters. The minimum absolute atomic E-state index is 0.103. The second-order valence-electron chi connectivity index (χ2n) is 7.62. The van der Waals surface area contributed by atoms with E-state index in [4.69, 9.17) is 9.47 Å². The summed E-state index contributed by atoms with van der Waals surface area (Å²) < 4.78 is 10.4. The summed E-state index contributed by atoms with van der Waals surface area (Å²) in [6.07, 6.45) is 5.69. The van der Waals surface area contributed by atoms with Gasteiger partial charge in [0.25, 0.3) is 5.91 Å². The zero-order chi connectivity index (χ0) is 22.3. The first kappa shape index (κ1) is 21.5. The van der Waals surface area contributed by atoms with Crippen LogP contribution in [0.15, 0.2) is 78.7 Å². The summed E-state index contributed by atoms with van der Waals surface area (Å²) in [5.74, 6) is 0.268. The Morgan fingerprint density at radius 3 is 2.34 bits per heavy atom. The maximum absolute atomic E-state index is 13.5.